The maximum Gasteiger partial charge on any atom is 0.196 e. The van der Waals surface area contributed by atoms with E-state index < -0.39 is 17.1 Å². The van der Waals surface area contributed by atoms with Crippen LogP contribution in [0.5, 0.6) is 0 Å². The zero-order valence-corrected chi connectivity index (χ0v) is 13.8. The van der Waals surface area contributed by atoms with Gasteiger partial charge in [-0.05, 0) is 18.2 Å². The van der Waals surface area contributed by atoms with Gasteiger partial charge in [-0.3, -0.25) is 9.78 Å². The first-order valence-electron chi connectivity index (χ1n) is 7.67. The molecule has 0 atom stereocenters. The molecule has 0 saturated carbocycles. The van der Waals surface area contributed by atoms with E-state index in [9.17, 15) is 13.6 Å². The van der Waals surface area contributed by atoms with E-state index in [-0.39, 0.29) is 10.1 Å². The number of benzene rings is 2. The van der Waals surface area contributed by atoms with Gasteiger partial charge in [-0.2, -0.15) is 0 Å². The minimum absolute atomic E-state index is 0.0381. The fourth-order valence-electron chi connectivity index (χ4n) is 2.96. The van der Waals surface area contributed by atoms with Crippen molar-refractivity contribution >= 4 is 48.1 Å². The number of hydrogen-bond donors (Lipinski definition) is 2. The van der Waals surface area contributed by atoms with E-state index in [1.54, 1.807) is 12.3 Å². The Morgan fingerprint density at radius 2 is 2.04 bits per heavy atom. The van der Waals surface area contributed by atoms with Crippen molar-refractivity contribution in [3.8, 4) is 0 Å². The van der Waals surface area contributed by atoms with Crippen LogP contribution in [-0.2, 0) is 0 Å². The number of pyridine rings is 1. The molecule has 2 aromatic heterocycles. The van der Waals surface area contributed by atoms with Crippen LogP contribution in [0.4, 0.5) is 14.5 Å². The highest BCUT2D eigenvalue weighted by Gasteiger charge is 2.16. The third-order valence-electron chi connectivity index (χ3n) is 4.01. The van der Waals surface area contributed by atoms with Crippen LogP contribution in [0.2, 0.25) is 0 Å². The van der Waals surface area contributed by atoms with E-state index in [4.69, 9.17) is 5.73 Å². The summed E-state index contributed by atoms with van der Waals surface area (Å²) in [5, 5.41) is 4.27. The molecule has 25 heavy (non-hydrogen) atoms. The summed E-state index contributed by atoms with van der Waals surface area (Å²) < 4.78 is 28.4. The molecule has 4 rings (SSSR count). The first-order chi connectivity index (χ1) is 12.1. The lowest BCUT2D eigenvalue weighted by atomic mass is 10.1. The van der Waals surface area contributed by atoms with Gasteiger partial charge >= 0.3 is 0 Å². The Morgan fingerprint density at radius 3 is 2.84 bits per heavy atom. The lowest BCUT2D eigenvalue weighted by molar-refractivity contribution is 0.593. The van der Waals surface area contributed by atoms with Crippen LogP contribution in [0, 0.1) is 11.6 Å². The normalized spacial score (nSPS) is 11.5. The summed E-state index contributed by atoms with van der Waals surface area (Å²) >= 11 is 1.09. The van der Waals surface area contributed by atoms with Crippen molar-refractivity contribution in [1.29, 1.82) is 0 Å². The summed E-state index contributed by atoms with van der Waals surface area (Å²) in [5.41, 5.74) is 6.50. The molecule has 3 N–H and O–H groups in total. The van der Waals surface area contributed by atoms with E-state index in [0.29, 0.717) is 34.1 Å². The maximum absolute atomic E-state index is 14.1. The van der Waals surface area contributed by atoms with Crippen LogP contribution in [0.25, 0.3) is 31.1 Å². The van der Waals surface area contributed by atoms with Crippen molar-refractivity contribution in [2.45, 2.75) is 0 Å². The van der Waals surface area contributed by atoms with Gasteiger partial charge in [-0.25, -0.2) is 8.78 Å². The molecule has 0 amide bonds. The second-order valence-corrected chi connectivity index (χ2v) is 6.66. The van der Waals surface area contributed by atoms with E-state index in [2.05, 4.69) is 10.3 Å². The molecule has 0 saturated heterocycles. The van der Waals surface area contributed by atoms with E-state index >= 15 is 0 Å². The van der Waals surface area contributed by atoms with Gasteiger partial charge in [0, 0.05) is 41.8 Å². The number of nitrogens with zero attached hydrogens (tertiary/aromatic N) is 1. The SMILES string of the molecule is NCCNc1cccc2ncc3sc4c(F)cc(F)cc4c(=O)c3c12. The Labute approximate surface area is 144 Å². The Kier molecular flexibility index (Phi) is 3.82. The second kappa shape index (κ2) is 6.02. The molecule has 0 fully saturated rings. The number of rotatable bonds is 3. The van der Waals surface area contributed by atoms with E-state index in [1.165, 1.54) is 0 Å². The standard InChI is InChI=1S/C18H13F2N3OS/c19-9-6-10-17(24)16-14(25-18(10)11(20)7-9)8-23-13-3-1-2-12(15(13)16)22-5-4-21/h1-3,6-8,22H,4-5,21H2. The van der Waals surface area contributed by atoms with Crippen molar-refractivity contribution in [2.75, 3.05) is 18.4 Å². The molecule has 126 valence electrons. The van der Waals surface area contributed by atoms with Crippen molar-refractivity contribution < 1.29 is 8.78 Å². The predicted octanol–water partition coefficient (Wildman–Crippen LogP) is 3.61. The highest BCUT2D eigenvalue weighted by Crippen LogP contribution is 2.33. The molecule has 0 aliphatic carbocycles. The molecule has 0 bridgehead atoms. The topological polar surface area (TPSA) is 68.0 Å². The number of halogens is 2. The molecule has 2 heterocycles. The van der Waals surface area contributed by atoms with E-state index in [0.717, 1.165) is 29.2 Å². The highest BCUT2D eigenvalue weighted by molar-refractivity contribution is 7.24. The van der Waals surface area contributed by atoms with Crippen LogP contribution in [0.3, 0.4) is 0 Å². The lowest BCUT2D eigenvalue weighted by Crippen LogP contribution is -2.13. The van der Waals surface area contributed by atoms with Crippen LogP contribution < -0.4 is 16.5 Å². The second-order valence-electron chi connectivity index (χ2n) is 5.61. The van der Waals surface area contributed by atoms with Crippen LogP contribution in [0.1, 0.15) is 0 Å². The molecule has 4 aromatic rings. The van der Waals surface area contributed by atoms with Crippen molar-refractivity contribution in [2.24, 2.45) is 5.73 Å². The molecule has 0 aliphatic heterocycles. The minimum Gasteiger partial charge on any atom is -0.383 e. The van der Waals surface area contributed by atoms with E-state index in [1.807, 2.05) is 12.1 Å². The van der Waals surface area contributed by atoms with Gasteiger partial charge in [-0.15, -0.1) is 11.3 Å². The number of hydrogen-bond acceptors (Lipinski definition) is 5. The summed E-state index contributed by atoms with van der Waals surface area (Å²) in [6.07, 6.45) is 1.55. The molecule has 7 heteroatoms. The lowest BCUT2D eigenvalue weighted by Gasteiger charge is -2.11. The van der Waals surface area contributed by atoms with Gasteiger partial charge in [0.1, 0.15) is 11.6 Å². The largest absolute Gasteiger partial charge is 0.383 e. The molecule has 2 aromatic carbocycles. The van der Waals surface area contributed by atoms with Gasteiger partial charge < -0.3 is 11.1 Å². The number of nitrogens with one attached hydrogen (secondary N) is 1. The Balaban J connectivity index is 2.20. The number of anilines is 1. The number of fused-ring (bicyclic) bond motifs is 4. The Morgan fingerprint density at radius 1 is 1.20 bits per heavy atom. The monoisotopic (exact) mass is 357 g/mol. The van der Waals surface area contributed by atoms with Gasteiger partial charge in [0.25, 0.3) is 0 Å². The Bertz CT molecular complexity index is 1190. The average molecular weight is 357 g/mol. The summed E-state index contributed by atoms with van der Waals surface area (Å²) in [6.45, 7) is 0.963. The third-order valence-corrected chi connectivity index (χ3v) is 5.16. The average Bonchev–Trinajstić information content (AvgIpc) is 2.60. The van der Waals surface area contributed by atoms with Crippen LogP contribution in [-0.4, -0.2) is 18.1 Å². The molecule has 0 radical (unpaired) electrons. The fourth-order valence-corrected chi connectivity index (χ4v) is 4.00. The quantitative estimate of drug-likeness (QED) is 0.434. The van der Waals surface area contributed by atoms with Gasteiger partial charge in [0.05, 0.1) is 20.3 Å². The zero-order chi connectivity index (χ0) is 17.6. The third kappa shape index (κ3) is 2.52. The summed E-state index contributed by atoms with van der Waals surface area (Å²) in [5.74, 6) is -1.51. The molecule has 0 unspecified atom stereocenters. The van der Waals surface area contributed by atoms with Crippen molar-refractivity contribution in [1.82, 2.24) is 4.98 Å². The number of nitrogens with two attached hydrogens (primary N) is 1. The highest BCUT2D eigenvalue weighted by atomic mass is 32.1. The van der Waals surface area contributed by atoms with Crippen LogP contribution in [0.15, 0.2) is 41.3 Å². The summed E-state index contributed by atoms with van der Waals surface area (Å²) in [4.78, 5) is 17.4. The molecule has 0 aliphatic rings. The molecular weight excluding hydrogens is 344 g/mol. The summed E-state index contributed by atoms with van der Waals surface area (Å²) in [7, 11) is 0. The Hall–Kier alpha value is -2.64. The summed E-state index contributed by atoms with van der Waals surface area (Å²) in [6, 6.07) is 7.32. The van der Waals surface area contributed by atoms with Gasteiger partial charge in [0.15, 0.2) is 5.43 Å². The maximum atomic E-state index is 14.1. The van der Waals surface area contributed by atoms with Gasteiger partial charge in [-0.1, -0.05) is 6.07 Å². The first kappa shape index (κ1) is 15.9. The van der Waals surface area contributed by atoms with Crippen molar-refractivity contribution in [3.05, 3.63) is 58.4 Å². The first-order valence-corrected chi connectivity index (χ1v) is 8.49. The fraction of sp³-hybridized carbons (Fsp3) is 0.111. The number of aromatic nitrogens is 1. The predicted molar refractivity (Wildman–Crippen MR) is 98.4 cm³/mol. The molecule has 0 spiro atoms. The van der Waals surface area contributed by atoms with Gasteiger partial charge in [0.2, 0.25) is 0 Å². The minimum atomic E-state index is -0.770. The van der Waals surface area contributed by atoms with Crippen molar-refractivity contribution in [3.63, 3.8) is 0 Å². The molecular formula is C18H13F2N3OS. The smallest absolute Gasteiger partial charge is 0.196 e. The molecule has 4 nitrogen and oxygen atoms in total. The zero-order valence-electron chi connectivity index (χ0n) is 13.0. The van der Waals surface area contributed by atoms with Crippen LogP contribution >= 0.6 is 11.3 Å².